The molecule has 0 fully saturated rings. The molecule has 5 heteroatoms. The summed E-state index contributed by atoms with van der Waals surface area (Å²) in [4.78, 5) is 13.1. The van der Waals surface area contributed by atoms with Crippen molar-refractivity contribution in [1.82, 2.24) is 4.90 Å². The maximum atomic E-state index is 11.6. The van der Waals surface area contributed by atoms with Gasteiger partial charge in [-0.2, -0.15) is 0 Å². The minimum atomic E-state index is -0.0706. The minimum absolute atomic E-state index is 0.0706. The van der Waals surface area contributed by atoms with Gasteiger partial charge in [0.1, 0.15) is 12.4 Å². The van der Waals surface area contributed by atoms with Crippen molar-refractivity contribution in [2.75, 3.05) is 28.3 Å². The zero-order valence-corrected chi connectivity index (χ0v) is 15.0. The van der Waals surface area contributed by atoms with Gasteiger partial charge in [0, 0.05) is 20.2 Å². The highest BCUT2D eigenvalue weighted by Gasteiger charge is 2.06. The minimum Gasteiger partial charge on any atom is -0.497 e. The van der Waals surface area contributed by atoms with Gasteiger partial charge in [0.05, 0.1) is 14.2 Å². The highest BCUT2D eigenvalue weighted by molar-refractivity contribution is 5.91. The van der Waals surface area contributed by atoms with Gasteiger partial charge in [0.25, 0.3) is 0 Å². The number of amides is 1. The van der Waals surface area contributed by atoms with Crippen LogP contribution >= 0.6 is 0 Å². The number of rotatable bonds is 7. The van der Waals surface area contributed by atoms with E-state index in [1.54, 1.807) is 34.4 Å². The molecule has 0 aliphatic heterocycles. The van der Waals surface area contributed by atoms with Crippen molar-refractivity contribution < 1.29 is 19.0 Å². The fraction of sp³-hybridized carbons (Fsp3) is 0.250. The van der Waals surface area contributed by atoms with Crippen LogP contribution in [0.2, 0.25) is 0 Å². The van der Waals surface area contributed by atoms with Crippen LogP contribution in [-0.2, 0) is 11.4 Å². The van der Waals surface area contributed by atoms with Gasteiger partial charge in [-0.3, -0.25) is 4.79 Å². The van der Waals surface area contributed by atoms with E-state index in [2.05, 4.69) is 0 Å². The predicted octanol–water partition coefficient (Wildman–Crippen LogP) is 3.38. The molecule has 0 unspecified atom stereocenters. The summed E-state index contributed by atoms with van der Waals surface area (Å²) >= 11 is 0. The molecule has 0 aliphatic carbocycles. The molecule has 0 bridgehead atoms. The third kappa shape index (κ3) is 5.28. The van der Waals surface area contributed by atoms with Crippen LogP contribution in [-0.4, -0.2) is 39.1 Å². The van der Waals surface area contributed by atoms with Crippen molar-refractivity contribution in [1.29, 1.82) is 0 Å². The lowest BCUT2D eigenvalue weighted by atomic mass is 10.2. The molecule has 0 saturated carbocycles. The fourth-order valence-electron chi connectivity index (χ4n) is 2.11. The van der Waals surface area contributed by atoms with Crippen molar-refractivity contribution in [3.63, 3.8) is 0 Å². The first-order valence-corrected chi connectivity index (χ1v) is 7.86. The van der Waals surface area contributed by atoms with Crippen molar-refractivity contribution in [2.45, 2.75) is 6.61 Å². The Kier molecular flexibility index (Phi) is 6.46. The summed E-state index contributed by atoms with van der Waals surface area (Å²) in [5.41, 5.74) is 1.90. The second-order valence-electron chi connectivity index (χ2n) is 5.61. The number of ether oxygens (including phenoxy) is 3. The normalized spacial score (nSPS) is 10.6. The van der Waals surface area contributed by atoms with Crippen LogP contribution in [0.5, 0.6) is 17.2 Å². The van der Waals surface area contributed by atoms with Crippen LogP contribution < -0.4 is 14.2 Å². The average Bonchev–Trinajstić information content (AvgIpc) is 2.64. The molecule has 1 amide bonds. The first kappa shape index (κ1) is 18.4. The van der Waals surface area contributed by atoms with Crippen LogP contribution in [0.3, 0.4) is 0 Å². The molecule has 25 heavy (non-hydrogen) atoms. The van der Waals surface area contributed by atoms with Gasteiger partial charge < -0.3 is 19.1 Å². The molecule has 132 valence electrons. The van der Waals surface area contributed by atoms with E-state index in [-0.39, 0.29) is 5.91 Å². The molecule has 0 saturated heterocycles. The average molecular weight is 341 g/mol. The number of carbonyl (C=O) groups excluding carboxylic acids is 1. The molecule has 2 rings (SSSR count). The lowest BCUT2D eigenvalue weighted by Crippen LogP contribution is -2.18. The van der Waals surface area contributed by atoms with Gasteiger partial charge >= 0.3 is 0 Å². The van der Waals surface area contributed by atoms with E-state index >= 15 is 0 Å². The van der Waals surface area contributed by atoms with Crippen LogP contribution in [0.15, 0.2) is 48.5 Å². The van der Waals surface area contributed by atoms with Gasteiger partial charge in [-0.15, -0.1) is 0 Å². The number of nitrogens with zero attached hydrogens (tertiary/aromatic N) is 1. The molecular formula is C20H23NO4. The number of hydrogen-bond donors (Lipinski definition) is 0. The van der Waals surface area contributed by atoms with Gasteiger partial charge in [-0.05, 0) is 41.5 Å². The first-order valence-electron chi connectivity index (χ1n) is 7.86. The molecule has 0 N–H and O–H groups in total. The molecule has 0 radical (unpaired) electrons. The first-order chi connectivity index (χ1) is 12.0. The van der Waals surface area contributed by atoms with E-state index < -0.39 is 0 Å². The molecule has 0 heterocycles. The highest BCUT2D eigenvalue weighted by Crippen LogP contribution is 2.29. The second kappa shape index (κ2) is 8.78. The third-order valence-corrected chi connectivity index (χ3v) is 3.60. The molecule has 2 aromatic rings. The summed E-state index contributed by atoms with van der Waals surface area (Å²) in [7, 11) is 6.65. The number of methoxy groups -OCH3 is 2. The number of likely N-dealkylation sites (N-methyl/N-ethyl adjacent to an activating group) is 1. The summed E-state index contributed by atoms with van der Waals surface area (Å²) in [5, 5.41) is 0. The van der Waals surface area contributed by atoms with E-state index in [0.29, 0.717) is 18.1 Å². The molecule has 0 atom stereocenters. The molecule has 0 aliphatic rings. The Hall–Kier alpha value is -2.95. The van der Waals surface area contributed by atoms with Gasteiger partial charge in [-0.25, -0.2) is 0 Å². The van der Waals surface area contributed by atoms with Crippen LogP contribution in [0.25, 0.3) is 6.08 Å². The molecule has 5 nitrogen and oxygen atoms in total. The quantitative estimate of drug-likeness (QED) is 0.725. The highest BCUT2D eigenvalue weighted by atomic mass is 16.5. The Bertz CT molecular complexity index is 736. The summed E-state index contributed by atoms with van der Waals surface area (Å²) < 4.78 is 16.4. The maximum Gasteiger partial charge on any atom is 0.246 e. The lowest BCUT2D eigenvalue weighted by Gasteiger charge is -2.12. The maximum absolute atomic E-state index is 11.6. The largest absolute Gasteiger partial charge is 0.497 e. The standard InChI is InChI=1S/C20H23NO4/c1-21(2)20(22)12-8-15-7-11-18(19(13-15)24-4)25-14-16-5-9-17(23-3)10-6-16/h5-13H,14H2,1-4H3/b12-8+. The van der Waals surface area contributed by atoms with Gasteiger partial charge in [0.15, 0.2) is 11.5 Å². The van der Waals surface area contributed by atoms with Crippen molar-refractivity contribution in [3.8, 4) is 17.2 Å². The van der Waals surface area contributed by atoms with E-state index in [1.807, 2.05) is 42.5 Å². The van der Waals surface area contributed by atoms with Crippen molar-refractivity contribution in [2.24, 2.45) is 0 Å². The number of benzene rings is 2. The predicted molar refractivity (Wildman–Crippen MR) is 98.0 cm³/mol. The summed E-state index contributed by atoms with van der Waals surface area (Å²) in [6.45, 7) is 0.425. The number of hydrogen-bond acceptors (Lipinski definition) is 4. The lowest BCUT2D eigenvalue weighted by molar-refractivity contribution is -0.123. The Balaban J connectivity index is 2.06. The third-order valence-electron chi connectivity index (χ3n) is 3.60. The van der Waals surface area contributed by atoms with E-state index in [1.165, 1.54) is 11.0 Å². The summed E-state index contributed by atoms with van der Waals surface area (Å²) in [6, 6.07) is 13.2. The summed E-state index contributed by atoms with van der Waals surface area (Å²) in [6.07, 6.45) is 3.27. The zero-order valence-electron chi connectivity index (χ0n) is 15.0. The molecule has 0 aromatic heterocycles. The molecule has 2 aromatic carbocycles. The SMILES string of the molecule is COc1ccc(COc2ccc(/C=C/C(=O)N(C)C)cc2OC)cc1. The van der Waals surface area contributed by atoms with Crippen molar-refractivity contribution >= 4 is 12.0 Å². The smallest absolute Gasteiger partial charge is 0.246 e. The van der Waals surface area contributed by atoms with E-state index in [0.717, 1.165) is 16.9 Å². The van der Waals surface area contributed by atoms with Gasteiger partial charge in [-0.1, -0.05) is 18.2 Å². The fourth-order valence-corrected chi connectivity index (χ4v) is 2.11. The topological polar surface area (TPSA) is 48.0 Å². The molecular weight excluding hydrogens is 318 g/mol. The molecule has 0 spiro atoms. The Morgan fingerprint density at radius 3 is 2.32 bits per heavy atom. The summed E-state index contributed by atoms with van der Waals surface area (Å²) in [5.74, 6) is 2.01. The van der Waals surface area contributed by atoms with Crippen LogP contribution in [0.4, 0.5) is 0 Å². The van der Waals surface area contributed by atoms with Crippen molar-refractivity contribution in [3.05, 3.63) is 59.7 Å². The Labute approximate surface area is 148 Å². The van der Waals surface area contributed by atoms with Gasteiger partial charge in [0.2, 0.25) is 5.91 Å². The Morgan fingerprint density at radius 2 is 1.72 bits per heavy atom. The zero-order chi connectivity index (χ0) is 18.2. The van der Waals surface area contributed by atoms with Crippen LogP contribution in [0, 0.1) is 0 Å². The van der Waals surface area contributed by atoms with Crippen LogP contribution in [0.1, 0.15) is 11.1 Å². The van der Waals surface area contributed by atoms with E-state index in [4.69, 9.17) is 14.2 Å². The Morgan fingerprint density at radius 1 is 1.00 bits per heavy atom. The number of carbonyl (C=O) groups is 1. The monoisotopic (exact) mass is 341 g/mol. The van der Waals surface area contributed by atoms with E-state index in [9.17, 15) is 4.79 Å². The second-order valence-corrected chi connectivity index (χ2v) is 5.61.